The first-order chi connectivity index (χ1) is 5.46. The molecular weight excluding hydrogens is 436 g/mol. The van der Waals surface area contributed by atoms with Crippen LogP contribution in [0.2, 0.25) is 0 Å². The summed E-state index contributed by atoms with van der Waals surface area (Å²) in [5, 5.41) is 0. The molecule has 0 bridgehead atoms. The Morgan fingerprint density at radius 3 is 1.75 bits per heavy atom. The van der Waals surface area contributed by atoms with Crippen LogP contribution >= 0.6 is 76.3 Å². The minimum Gasteiger partial charge on any atom is -0.142 e. The molecule has 0 fully saturated rings. The summed E-state index contributed by atoms with van der Waals surface area (Å²) < 4.78 is 3.98. The summed E-state index contributed by atoms with van der Waals surface area (Å²) in [6.07, 6.45) is 0. The van der Waals surface area contributed by atoms with E-state index in [1.807, 2.05) is 6.92 Å². The van der Waals surface area contributed by atoms with Crippen molar-refractivity contribution in [3.05, 3.63) is 23.5 Å². The fourth-order valence-electron chi connectivity index (χ4n) is 0.730. The van der Waals surface area contributed by atoms with Gasteiger partial charge in [-0.2, -0.15) is 0 Å². The number of hydrogen-bond acceptors (Lipinski definition) is 1. The van der Waals surface area contributed by atoms with Gasteiger partial charge in [-0.25, -0.2) is 0 Å². The molecule has 0 nitrogen and oxygen atoms in total. The molecule has 0 aliphatic heterocycles. The zero-order chi connectivity index (χ0) is 9.46. The van der Waals surface area contributed by atoms with Gasteiger partial charge in [0.2, 0.25) is 0 Å². The van der Waals surface area contributed by atoms with E-state index in [0.29, 0.717) is 0 Å². The molecule has 0 aliphatic carbocycles. The quantitative estimate of drug-likeness (QED) is 0.315. The second-order valence-corrected chi connectivity index (χ2v) is 5.85. The molecule has 0 atom stereocenters. The molecule has 0 amide bonds. The maximum absolute atomic E-state index is 4.37. The highest BCUT2D eigenvalue weighted by Crippen LogP contribution is 2.42. The fraction of sp³-hybridized carbons (Fsp3) is 0.143. The summed E-state index contributed by atoms with van der Waals surface area (Å²) in [5.74, 6) is 0. The van der Waals surface area contributed by atoms with E-state index in [-0.39, 0.29) is 0 Å². The van der Waals surface area contributed by atoms with Crippen LogP contribution in [0.5, 0.6) is 0 Å². The molecular formula is C7H4Br4S. The summed E-state index contributed by atoms with van der Waals surface area (Å²) in [4.78, 5) is 0.942. The van der Waals surface area contributed by atoms with Crippen molar-refractivity contribution in [2.45, 2.75) is 11.8 Å². The summed E-state index contributed by atoms with van der Waals surface area (Å²) in [7, 11) is 0. The smallest absolute Gasteiger partial charge is 0.0482 e. The molecule has 0 saturated carbocycles. The molecule has 0 spiro atoms. The molecule has 66 valence electrons. The highest BCUT2D eigenvalue weighted by molar-refractivity contribution is 9.15. The maximum Gasteiger partial charge on any atom is 0.0482 e. The lowest BCUT2D eigenvalue weighted by Crippen LogP contribution is -1.85. The summed E-state index contributed by atoms with van der Waals surface area (Å²) in [6.45, 7) is 2.01. The number of benzene rings is 1. The normalized spacial score (nSPS) is 10.5. The Balaban J connectivity index is 3.60. The molecule has 1 rings (SSSR count). The molecule has 1 aromatic rings. The van der Waals surface area contributed by atoms with Crippen molar-refractivity contribution in [1.82, 2.24) is 0 Å². The van der Waals surface area contributed by atoms with Gasteiger partial charge in [-0.3, -0.25) is 0 Å². The van der Waals surface area contributed by atoms with Gasteiger partial charge < -0.3 is 0 Å². The van der Waals surface area contributed by atoms with Gasteiger partial charge in [0.25, 0.3) is 0 Å². The third-order valence-corrected chi connectivity index (χ3v) is 7.30. The Labute approximate surface area is 110 Å². The Hall–Kier alpha value is 1.49. The Morgan fingerprint density at radius 2 is 1.25 bits per heavy atom. The number of thiol groups is 1. The zero-order valence-electron chi connectivity index (χ0n) is 5.96. The Bertz CT molecular complexity index is 230. The third kappa shape index (κ3) is 1.95. The molecule has 0 unspecified atom stereocenters. The monoisotopic (exact) mass is 436 g/mol. The first-order valence-corrected chi connectivity index (χ1v) is 6.60. The van der Waals surface area contributed by atoms with Crippen LogP contribution in [0.15, 0.2) is 22.8 Å². The minimum absolute atomic E-state index is 0.942. The summed E-state index contributed by atoms with van der Waals surface area (Å²) in [6, 6.07) is 0. The SMILES string of the molecule is Cc1c(S)c(Br)c(Br)c(Br)c1Br. The van der Waals surface area contributed by atoms with Gasteiger partial charge in [-0.1, -0.05) is 0 Å². The van der Waals surface area contributed by atoms with Crippen LogP contribution in [0.1, 0.15) is 5.56 Å². The summed E-state index contributed by atoms with van der Waals surface area (Å²) >= 11 is 18.2. The average molecular weight is 440 g/mol. The molecule has 0 heterocycles. The van der Waals surface area contributed by atoms with E-state index in [0.717, 1.165) is 28.3 Å². The van der Waals surface area contributed by atoms with Gasteiger partial charge in [-0.05, 0) is 76.2 Å². The third-order valence-electron chi connectivity index (χ3n) is 1.47. The van der Waals surface area contributed by atoms with E-state index in [2.05, 4.69) is 76.3 Å². The van der Waals surface area contributed by atoms with Crippen molar-refractivity contribution >= 4 is 76.3 Å². The van der Waals surface area contributed by atoms with Gasteiger partial charge in [0.15, 0.2) is 0 Å². The van der Waals surface area contributed by atoms with Crippen molar-refractivity contribution in [3.8, 4) is 0 Å². The van der Waals surface area contributed by atoms with Gasteiger partial charge in [0.05, 0.1) is 0 Å². The number of halogens is 4. The molecule has 0 aromatic heterocycles. The van der Waals surface area contributed by atoms with Crippen molar-refractivity contribution in [1.29, 1.82) is 0 Å². The number of hydrogen-bond donors (Lipinski definition) is 1. The Kier molecular flexibility index (Phi) is 4.18. The highest BCUT2D eigenvalue weighted by Gasteiger charge is 2.13. The van der Waals surface area contributed by atoms with E-state index in [1.54, 1.807) is 0 Å². The maximum atomic E-state index is 4.37. The van der Waals surface area contributed by atoms with Crippen LogP contribution in [0.25, 0.3) is 0 Å². The second kappa shape index (κ2) is 4.34. The van der Waals surface area contributed by atoms with Gasteiger partial charge in [0.1, 0.15) is 0 Å². The molecule has 0 N–H and O–H groups in total. The lowest BCUT2D eigenvalue weighted by molar-refractivity contribution is 1.22. The minimum atomic E-state index is 0.942. The molecule has 0 aliphatic rings. The van der Waals surface area contributed by atoms with Gasteiger partial charge in [0, 0.05) is 22.8 Å². The van der Waals surface area contributed by atoms with Crippen molar-refractivity contribution < 1.29 is 0 Å². The average Bonchev–Trinajstić information content (AvgIpc) is 2.08. The lowest BCUT2D eigenvalue weighted by atomic mass is 10.2. The standard InChI is InChI=1S/C7H4Br4S/c1-2-3(8)4(9)5(10)6(11)7(2)12/h12H,1H3. The van der Waals surface area contributed by atoms with Crippen LogP contribution in [-0.4, -0.2) is 0 Å². The largest absolute Gasteiger partial charge is 0.142 e. The first-order valence-electron chi connectivity index (χ1n) is 2.98. The highest BCUT2D eigenvalue weighted by atomic mass is 79.9. The fourth-order valence-corrected chi connectivity index (χ4v) is 3.58. The first kappa shape index (κ1) is 11.6. The van der Waals surface area contributed by atoms with E-state index < -0.39 is 0 Å². The van der Waals surface area contributed by atoms with Gasteiger partial charge >= 0.3 is 0 Å². The Morgan fingerprint density at radius 1 is 0.833 bits per heavy atom. The second-order valence-electron chi connectivity index (χ2n) is 2.23. The van der Waals surface area contributed by atoms with E-state index in [1.165, 1.54) is 0 Å². The van der Waals surface area contributed by atoms with Crippen LogP contribution in [0.3, 0.4) is 0 Å². The number of rotatable bonds is 0. The molecule has 0 radical (unpaired) electrons. The topological polar surface area (TPSA) is 0 Å². The van der Waals surface area contributed by atoms with Crippen molar-refractivity contribution in [2.24, 2.45) is 0 Å². The van der Waals surface area contributed by atoms with E-state index >= 15 is 0 Å². The van der Waals surface area contributed by atoms with Crippen LogP contribution in [0, 0.1) is 6.92 Å². The van der Waals surface area contributed by atoms with Crippen molar-refractivity contribution in [3.63, 3.8) is 0 Å². The lowest BCUT2D eigenvalue weighted by Gasteiger charge is -2.09. The van der Waals surface area contributed by atoms with E-state index in [4.69, 9.17) is 0 Å². The zero-order valence-corrected chi connectivity index (χ0v) is 13.2. The molecule has 12 heavy (non-hydrogen) atoms. The van der Waals surface area contributed by atoms with Crippen molar-refractivity contribution in [2.75, 3.05) is 0 Å². The predicted molar refractivity (Wildman–Crippen MR) is 69.2 cm³/mol. The molecule has 1 aromatic carbocycles. The van der Waals surface area contributed by atoms with Crippen LogP contribution in [0.4, 0.5) is 0 Å². The summed E-state index contributed by atoms with van der Waals surface area (Å²) in [5.41, 5.74) is 1.11. The van der Waals surface area contributed by atoms with Gasteiger partial charge in [-0.15, -0.1) is 12.6 Å². The van der Waals surface area contributed by atoms with Crippen LogP contribution < -0.4 is 0 Å². The molecule has 0 saturated heterocycles. The molecule has 5 heteroatoms. The van der Waals surface area contributed by atoms with Crippen LogP contribution in [-0.2, 0) is 0 Å². The predicted octanol–water partition coefficient (Wildman–Crippen LogP) is 5.33. The van der Waals surface area contributed by atoms with E-state index in [9.17, 15) is 0 Å².